The van der Waals surface area contributed by atoms with Gasteiger partial charge in [0.15, 0.2) is 0 Å². The number of piperidine rings is 1. The van der Waals surface area contributed by atoms with E-state index in [1.807, 2.05) is 18.2 Å². The van der Waals surface area contributed by atoms with Crippen LogP contribution in [0.15, 0.2) is 103 Å². The Labute approximate surface area is 260 Å². The van der Waals surface area contributed by atoms with Gasteiger partial charge in [0.05, 0.1) is 11.2 Å². The number of likely N-dealkylation sites (tertiary alicyclic amines) is 1. The molecule has 3 aromatic heterocycles. The fourth-order valence-electron chi connectivity index (χ4n) is 6.08. The van der Waals surface area contributed by atoms with Crippen molar-refractivity contribution in [3.05, 3.63) is 121 Å². The van der Waals surface area contributed by atoms with Crippen LogP contribution < -0.4 is 11.1 Å². The summed E-state index contributed by atoms with van der Waals surface area (Å²) in [7, 11) is 0. The van der Waals surface area contributed by atoms with E-state index < -0.39 is 0 Å². The summed E-state index contributed by atoms with van der Waals surface area (Å²) < 4.78 is 15.9. The number of hydrogen-bond donors (Lipinski definition) is 2. The Morgan fingerprint density at radius 3 is 2.42 bits per heavy atom. The zero-order valence-corrected chi connectivity index (χ0v) is 24.6. The Morgan fingerprint density at radius 1 is 0.889 bits per heavy atom. The van der Waals surface area contributed by atoms with Gasteiger partial charge in [-0.25, -0.2) is 19.3 Å². The number of benzene rings is 3. The van der Waals surface area contributed by atoms with Gasteiger partial charge in [0, 0.05) is 54.7 Å². The molecule has 1 fully saturated rings. The van der Waals surface area contributed by atoms with Gasteiger partial charge >= 0.3 is 0 Å². The molecule has 7 rings (SSSR count). The second-order valence-corrected chi connectivity index (χ2v) is 11.3. The van der Waals surface area contributed by atoms with E-state index in [0.29, 0.717) is 17.7 Å². The summed E-state index contributed by atoms with van der Waals surface area (Å²) in [4.78, 5) is 15.0. The topological polar surface area (TPSA) is 109 Å². The van der Waals surface area contributed by atoms with Gasteiger partial charge in [-0.05, 0) is 84.1 Å². The monoisotopic (exact) mass is 594 g/mol. The van der Waals surface area contributed by atoms with Gasteiger partial charge in [-0.3, -0.25) is 4.90 Å². The molecule has 222 valence electrons. The summed E-state index contributed by atoms with van der Waals surface area (Å²) in [6, 6.07) is 31.7. The zero-order valence-electron chi connectivity index (χ0n) is 24.6. The number of aromatic nitrogens is 4. The molecule has 0 amide bonds. The minimum Gasteiger partial charge on any atom is -0.383 e. The van der Waals surface area contributed by atoms with Crippen molar-refractivity contribution in [2.45, 2.75) is 25.4 Å². The van der Waals surface area contributed by atoms with E-state index in [9.17, 15) is 4.39 Å². The first-order chi connectivity index (χ1) is 22.0. The number of nitrogens with two attached hydrogens (primary N) is 1. The van der Waals surface area contributed by atoms with Crippen molar-refractivity contribution in [2.75, 3.05) is 24.1 Å². The molecule has 0 aliphatic carbocycles. The summed E-state index contributed by atoms with van der Waals surface area (Å²) in [5, 5.41) is 13.6. The maximum absolute atomic E-state index is 13.6. The summed E-state index contributed by atoms with van der Waals surface area (Å²) in [6.45, 7) is 2.80. The Balaban J connectivity index is 1.13. The normalized spacial score (nSPS) is 14.0. The van der Waals surface area contributed by atoms with Gasteiger partial charge in [-0.15, -0.1) is 0 Å². The Kier molecular flexibility index (Phi) is 7.64. The molecule has 4 heterocycles. The van der Waals surface area contributed by atoms with Crippen LogP contribution in [0.25, 0.3) is 39.0 Å². The third-order valence-electron chi connectivity index (χ3n) is 8.39. The Bertz CT molecular complexity index is 2000. The molecule has 0 spiro atoms. The maximum Gasteiger partial charge on any atom is 0.234 e. The number of anilines is 2. The number of pyridine rings is 1. The molecule has 1 aliphatic rings. The smallest absolute Gasteiger partial charge is 0.234 e. The number of nitrogen functional groups attached to an aromatic ring is 1. The highest BCUT2D eigenvalue weighted by Crippen LogP contribution is 2.36. The molecule has 0 bridgehead atoms. The molecule has 0 atom stereocenters. The number of halogens is 1. The van der Waals surface area contributed by atoms with Crippen LogP contribution >= 0.6 is 0 Å². The first kappa shape index (κ1) is 28.2. The highest BCUT2D eigenvalue weighted by Gasteiger charge is 2.20. The van der Waals surface area contributed by atoms with E-state index in [1.165, 1.54) is 17.7 Å². The molecule has 0 unspecified atom stereocenters. The number of nitrogens with zero attached hydrogens (tertiary/aromatic N) is 6. The largest absolute Gasteiger partial charge is 0.383 e. The van der Waals surface area contributed by atoms with Crippen LogP contribution in [0.5, 0.6) is 0 Å². The molecule has 8 nitrogen and oxygen atoms in total. The lowest BCUT2D eigenvalue weighted by atomic mass is 10.0. The quantitative estimate of drug-likeness (QED) is 0.209. The lowest BCUT2D eigenvalue weighted by Crippen LogP contribution is -2.38. The van der Waals surface area contributed by atoms with E-state index in [0.717, 1.165) is 71.5 Å². The van der Waals surface area contributed by atoms with Crippen molar-refractivity contribution in [1.29, 1.82) is 5.26 Å². The Hall–Kier alpha value is -5.59. The average Bonchev–Trinajstić information content (AvgIpc) is 3.45. The van der Waals surface area contributed by atoms with Crippen LogP contribution in [0.4, 0.5) is 16.0 Å². The minimum absolute atomic E-state index is 0.179. The third kappa shape index (κ3) is 5.96. The van der Waals surface area contributed by atoms with Crippen LogP contribution in [0.1, 0.15) is 24.2 Å². The van der Waals surface area contributed by atoms with Crippen LogP contribution in [0.2, 0.25) is 0 Å². The van der Waals surface area contributed by atoms with Crippen molar-refractivity contribution >= 4 is 22.5 Å². The molecule has 9 heteroatoms. The van der Waals surface area contributed by atoms with E-state index in [2.05, 4.69) is 78.3 Å². The molecule has 45 heavy (non-hydrogen) atoms. The molecule has 3 aromatic carbocycles. The van der Waals surface area contributed by atoms with Crippen molar-refractivity contribution in [2.24, 2.45) is 0 Å². The number of nitrogens with one attached hydrogen (secondary N) is 1. The van der Waals surface area contributed by atoms with E-state index in [4.69, 9.17) is 11.0 Å². The molecule has 1 aliphatic heterocycles. The highest BCUT2D eigenvalue weighted by molar-refractivity contribution is 5.93. The van der Waals surface area contributed by atoms with Crippen molar-refractivity contribution in [3.8, 4) is 34.1 Å². The van der Waals surface area contributed by atoms with Crippen molar-refractivity contribution in [3.63, 3.8) is 0 Å². The van der Waals surface area contributed by atoms with Crippen LogP contribution in [-0.4, -0.2) is 43.6 Å². The average molecular weight is 595 g/mol. The zero-order chi connectivity index (χ0) is 30.8. The lowest BCUT2D eigenvalue weighted by Gasteiger charge is -2.32. The van der Waals surface area contributed by atoms with Gasteiger partial charge in [-0.1, -0.05) is 36.4 Å². The van der Waals surface area contributed by atoms with Gasteiger partial charge in [-0.2, -0.15) is 5.26 Å². The Morgan fingerprint density at radius 2 is 1.67 bits per heavy atom. The maximum atomic E-state index is 13.6. The van der Waals surface area contributed by atoms with E-state index in [-0.39, 0.29) is 11.6 Å². The highest BCUT2D eigenvalue weighted by atomic mass is 19.1. The number of nitriles is 1. The first-order valence-corrected chi connectivity index (χ1v) is 15.0. The lowest BCUT2D eigenvalue weighted by molar-refractivity contribution is 0.211. The van der Waals surface area contributed by atoms with Gasteiger partial charge < -0.3 is 15.6 Å². The number of rotatable bonds is 7. The minimum atomic E-state index is -0.254. The van der Waals surface area contributed by atoms with E-state index in [1.54, 1.807) is 30.6 Å². The first-order valence-electron chi connectivity index (χ1n) is 15.0. The fourth-order valence-corrected chi connectivity index (χ4v) is 6.08. The van der Waals surface area contributed by atoms with Crippen LogP contribution in [0, 0.1) is 17.1 Å². The summed E-state index contributed by atoms with van der Waals surface area (Å²) in [5.74, 6) is 1.10. The standard InChI is InChI=1S/C36H31FN8/c37-28-9-7-25(8-10-28)26-5-6-27-21-33(31-2-1-16-41-36(31)39)45(32(27)20-26)30-11-3-24(4-12-30)23-44-18-14-29(15-19-44)42-34-13-17-40-35(22-38)43-34/h1-13,16-17,20-21,29H,14-15,18-19,23H2,(H2,39,41)(H,40,42,43). The molecule has 0 saturated carbocycles. The third-order valence-corrected chi connectivity index (χ3v) is 8.39. The predicted molar refractivity (Wildman–Crippen MR) is 175 cm³/mol. The van der Waals surface area contributed by atoms with Gasteiger partial charge in [0.25, 0.3) is 0 Å². The van der Waals surface area contributed by atoms with Gasteiger partial charge in [0.2, 0.25) is 5.82 Å². The molecular formula is C36H31FN8. The molecule has 6 aromatic rings. The van der Waals surface area contributed by atoms with E-state index >= 15 is 0 Å². The second-order valence-electron chi connectivity index (χ2n) is 11.3. The summed E-state index contributed by atoms with van der Waals surface area (Å²) in [6.07, 6.45) is 5.30. The predicted octanol–water partition coefficient (Wildman–Crippen LogP) is 6.82. The molecule has 1 saturated heterocycles. The second kappa shape index (κ2) is 12.2. The number of hydrogen-bond acceptors (Lipinski definition) is 7. The molecular weight excluding hydrogens is 563 g/mol. The van der Waals surface area contributed by atoms with Crippen molar-refractivity contribution < 1.29 is 4.39 Å². The molecule has 0 radical (unpaired) electrons. The summed E-state index contributed by atoms with van der Waals surface area (Å²) >= 11 is 0. The van der Waals surface area contributed by atoms with Crippen LogP contribution in [0.3, 0.4) is 0 Å². The SMILES string of the molecule is N#Cc1nccc(NC2CCN(Cc3ccc(-n4c(-c5cccnc5N)cc5ccc(-c6ccc(F)cc6)cc54)cc3)CC2)n1. The molecule has 3 N–H and O–H groups in total. The van der Waals surface area contributed by atoms with Crippen molar-refractivity contribution in [1.82, 2.24) is 24.4 Å². The van der Waals surface area contributed by atoms with Crippen LogP contribution in [-0.2, 0) is 6.54 Å². The van der Waals surface area contributed by atoms with Gasteiger partial charge in [0.1, 0.15) is 23.5 Å². The fraction of sp³-hybridized carbons (Fsp3) is 0.167. The number of fused-ring (bicyclic) bond motifs is 1. The summed E-state index contributed by atoms with van der Waals surface area (Å²) in [5.41, 5.74) is 13.4.